The molecule has 162 valence electrons. The van der Waals surface area contributed by atoms with Crippen molar-refractivity contribution in [2.75, 3.05) is 10.6 Å². The van der Waals surface area contributed by atoms with E-state index < -0.39 is 5.91 Å². The van der Waals surface area contributed by atoms with Crippen molar-refractivity contribution >= 4 is 23.3 Å². The van der Waals surface area contributed by atoms with E-state index in [0.717, 1.165) is 0 Å². The van der Waals surface area contributed by atoms with Crippen LogP contribution < -0.4 is 21.5 Å². The maximum Gasteiger partial charge on any atom is 0.319 e. The molecule has 3 N–H and O–H groups in total. The minimum absolute atomic E-state index is 0.128. The Bertz CT molecular complexity index is 1260. The van der Waals surface area contributed by atoms with Crippen LogP contribution in [0.2, 0.25) is 0 Å². The average molecular weight is 432 g/mol. The van der Waals surface area contributed by atoms with Gasteiger partial charge in [0, 0.05) is 23.6 Å². The lowest BCUT2D eigenvalue weighted by Crippen LogP contribution is -2.27. The fourth-order valence-electron chi connectivity index (χ4n) is 2.93. The van der Waals surface area contributed by atoms with Crippen molar-refractivity contribution < 1.29 is 18.4 Å². The highest BCUT2D eigenvalue weighted by Crippen LogP contribution is 2.16. The highest BCUT2D eigenvalue weighted by atomic mass is 16.4. The summed E-state index contributed by atoms with van der Waals surface area (Å²) in [7, 11) is 0. The van der Waals surface area contributed by atoms with E-state index >= 15 is 0 Å². The largest absolute Gasteiger partial charge is 0.467 e. The highest BCUT2D eigenvalue weighted by molar-refractivity contribution is 6.02. The Morgan fingerprint density at radius 2 is 1.62 bits per heavy atom. The molecule has 0 aliphatic rings. The minimum atomic E-state index is -0.423. The number of carbonyl (C=O) groups excluding carboxylic acids is 2. The van der Waals surface area contributed by atoms with Crippen LogP contribution in [0.5, 0.6) is 0 Å². The number of rotatable bonds is 7. The number of hydrogen-bond acceptors (Lipinski definition) is 5. The van der Waals surface area contributed by atoms with Gasteiger partial charge in [-0.15, -0.1) is 0 Å². The second-order valence-electron chi connectivity index (χ2n) is 6.85. The van der Waals surface area contributed by atoms with Crippen LogP contribution in [0.3, 0.4) is 0 Å². The lowest BCUT2D eigenvalue weighted by Gasteiger charge is -2.08. The zero-order valence-corrected chi connectivity index (χ0v) is 16.9. The molecule has 32 heavy (non-hydrogen) atoms. The van der Waals surface area contributed by atoms with Crippen molar-refractivity contribution in [3.05, 3.63) is 107 Å². The predicted molar refractivity (Wildman–Crippen MR) is 117 cm³/mol. The zero-order valence-electron chi connectivity index (χ0n) is 16.9. The highest BCUT2D eigenvalue weighted by Gasteiger charge is 2.12. The van der Waals surface area contributed by atoms with E-state index in [2.05, 4.69) is 16.0 Å². The smallest absolute Gasteiger partial charge is 0.319 e. The molecule has 1 aromatic carbocycles. The number of urea groups is 1. The SMILES string of the molecule is O=C(NCc1ccco1)Nc1ccc(NC(=O)c2ccc(Cn3ccccc3=O)o2)cc1. The van der Waals surface area contributed by atoms with Crippen LogP contribution >= 0.6 is 0 Å². The second-order valence-corrected chi connectivity index (χ2v) is 6.85. The van der Waals surface area contributed by atoms with Gasteiger partial charge in [-0.05, 0) is 54.6 Å². The molecule has 0 aliphatic heterocycles. The molecule has 3 amide bonds. The number of benzene rings is 1. The van der Waals surface area contributed by atoms with Gasteiger partial charge < -0.3 is 29.4 Å². The van der Waals surface area contributed by atoms with Gasteiger partial charge in [0.25, 0.3) is 11.5 Å². The molecule has 0 aliphatic carbocycles. The number of pyridine rings is 1. The molecule has 0 fully saturated rings. The van der Waals surface area contributed by atoms with Crippen molar-refractivity contribution in [1.82, 2.24) is 9.88 Å². The van der Waals surface area contributed by atoms with Crippen LogP contribution in [0.1, 0.15) is 22.1 Å². The van der Waals surface area contributed by atoms with Crippen LogP contribution in [0.25, 0.3) is 0 Å². The molecule has 0 atom stereocenters. The molecule has 3 aromatic heterocycles. The van der Waals surface area contributed by atoms with Gasteiger partial charge in [0.05, 0.1) is 19.4 Å². The number of nitrogens with zero attached hydrogens (tertiary/aromatic N) is 1. The maximum atomic E-state index is 12.4. The van der Waals surface area contributed by atoms with Gasteiger partial charge in [0.15, 0.2) is 5.76 Å². The number of hydrogen-bond donors (Lipinski definition) is 3. The van der Waals surface area contributed by atoms with E-state index in [1.54, 1.807) is 66.9 Å². The summed E-state index contributed by atoms with van der Waals surface area (Å²) >= 11 is 0. The fraction of sp³-hybridized carbons (Fsp3) is 0.0870. The molecule has 0 radical (unpaired) electrons. The normalized spacial score (nSPS) is 10.5. The van der Waals surface area contributed by atoms with Crippen LogP contribution in [0, 0.1) is 0 Å². The second kappa shape index (κ2) is 9.52. The summed E-state index contributed by atoms with van der Waals surface area (Å²) in [6.45, 7) is 0.506. The Hall–Kier alpha value is -4.53. The molecule has 0 saturated carbocycles. The summed E-state index contributed by atoms with van der Waals surface area (Å²) in [4.78, 5) is 36.2. The topological polar surface area (TPSA) is 119 Å². The molecule has 9 nitrogen and oxygen atoms in total. The van der Waals surface area contributed by atoms with E-state index in [0.29, 0.717) is 22.9 Å². The molecule has 0 bridgehead atoms. The van der Waals surface area contributed by atoms with Gasteiger partial charge in [-0.25, -0.2) is 4.79 Å². The van der Waals surface area contributed by atoms with Gasteiger partial charge in [0.1, 0.15) is 11.5 Å². The molecule has 4 rings (SSSR count). The monoisotopic (exact) mass is 432 g/mol. The Labute approximate surface area is 182 Å². The van der Waals surface area contributed by atoms with Crippen molar-refractivity contribution in [1.29, 1.82) is 0 Å². The Balaban J connectivity index is 1.30. The molecule has 0 unspecified atom stereocenters. The summed E-state index contributed by atoms with van der Waals surface area (Å²) in [5, 5.41) is 8.10. The summed E-state index contributed by atoms with van der Waals surface area (Å²) in [6.07, 6.45) is 3.19. The molecule has 0 spiro atoms. The minimum Gasteiger partial charge on any atom is -0.467 e. The Kier molecular flexibility index (Phi) is 6.17. The van der Waals surface area contributed by atoms with Crippen LogP contribution in [0.15, 0.2) is 92.8 Å². The Morgan fingerprint density at radius 1 is 0.844 bits per heavy atom. The average Bonchev–Trinajstić information content (AvgIpc) is 3.48. The fourth-order valence-corrected chi connectivity index (χ4v) is 2.93. The molecule has 9 heteroatoms. The lowest BCUT2D eigenvalue weighted by atomic mass is 10.2. The maximum absolute atomic E-state index is 12.4. The van der Waals surface area contributed by atoms with Crippen molar-refractivity contribution in [3.8, 4) is 0 Å². The molecule has 4 aromatic rings. The van der Waals surface area contributed by atoms with E-state index in [1.807, 2.05) is 0 Å². The van der Waals surface area contributed by atoms with E-state index in [4.69, 9.17) is 8.83 Å². The zero-order chi connectivity index (χ0) is 22.3. The van der Waals surface area contributed by atoms with Crippen LogP contribution in [-0.4, -0.2) is 16.5 Å². The van der Waals surface area contributed by atoms with Gasteiger partial charge in [-0.1, -0.05) is 6.07 Å². The molecular weight excluding hydrogens is 412 g/mol. The third-order valence-corrected chi connectivity index (χ3v) is 4.51. The Morgan fingerprint density at radius 3 is 2.34 bits per heavy atom. The third kappa shape index (κ3) is 5.33. The van der Waals surface area contributed by atoms with E-state index in [9.17, 15) is 14.4 Å². The number of nitrogens with one attached hydrogen (secondary N) is 3. The number of carbonyl (C=O) groups is 2. The third-order valence-electron chi connectivity index (χ3n) is 4.51. The molecule has 0 saturated heterocycles. The van der Waals surface area contributed by atoms with Crippen molar-refractivity contribution in [2.24, 2.45) is 0 Å². The van der Waals surface area contributed by atoms with Crippen molar-refractivity contribution in [2.45, 2.75) is 13.1 Å². The van der Waals surface area contributed by atoms with Crippen LogP contribution in [0.4, 0.5) is 16.2 Å². The van der Waals surface area contributed by atoms with Gasteiger partial charge >= 0.3 is 6.03 Å². The number of amides is 3. The first-order valence-corrected chi connectivity index (χ1v) is 9.80. The summed E-state index contributed by atoms with van der Waals surface area (Å²) < 4.78 is 12.2. The van der Waals surface area contributed by atoms with E-state index in [1.165, 1.54) is 16.9 Å². The first kappa shape index (κ1) is 20.7. The summed E-state index contributed by atoms with van der Waals surface area (Å²) in [6, 6.07) is 17.9. The summed E-state index contributed by atoms with van der Waals surface area (Å²) in [5.41, 5.74) is 0.945. The number of aromatic nitrogens is 1. The number of anilines is 2. The first-order chi connectivity index (χ1) is 15.6. The van der Waals surface area contributed by atoms with Gasteiger partial charge in [-0.3, -0.25) is 9.59 Å². The quantitative estimate of drug-likeness (QED) is 0.412. The molecule has 3 heterocycles. The van der Waals surface area contributed by atoms with Crippen molar-refractivity contribution in [3.63, 3.8) is 0 Å². The molecular formula is C23H20N4O5. The summed E-state index contributed by atoms with van der Waals surface area (Å²) in [5.74, 6) is 0.843. The van der Waals surface area contributed by atoms with E-state index in [-0.39, 0.29) is 30.4 Å². The lowest BCUT2D eigenvalue weighted by molar-refractivity contribution is 0.0994. The predicted octanol–water partition coefficient (Wildman–Crippen LogP) is 3.66. The van der Waals surface area contributed by atoms with Gasteiger partial charge in [-0.2, -0.15) is 0 Å². The standard InChI is InChI=1S/C23H20N4O5/c28-21-5-1-2-12-27(21)15-19-10-11-20(32-19)22(29)25-16-6-8-17(9-7-16)26-23(30)24-14-18-4-3-13-31-18/h1-13H,14-15H2,(H,25,29)(H2,24,26,30). The van der Waals surface area contributed by atoms with Gasteiger partial charge in [0.2, 0.25) is 0 Å². The first-order valence-electron chi connectivity index (χ1n) is 9.80. The number of furan rings is 2. The van der Waals surface area contributed by atoms with Crippen LogP contribution in [-0.2, 0) is 13.1 Å².